The molecule has 0 saturated carbocycles. The molecule has 0 aromatic rings. The lowest BCUT2D eigenvalue weighted by Crippen LogP contribution is -2.01. The summed E-state index contributed by atoms with van der Waals surface area (Å²) in [5.41, 5.74) is 0. The normalized spacial score (nSPS) is 11.7. The Morgan fingerprint density at radius 2 is 1.39 bits per heavy atom. The summed E-state index contributed by atoms with van der Waals surface area (Å²) in [6.07, 6.45) is 15.6. The molecule has 0 unspecified atom stereocenters. The molecular weight excluding hydrogens is 288 g/mol. The maximum atomic E-state index is 10.4. The third-order valence-corrected chi connectivity index (χ3v) is 4.04. The topological polar surface area (TPSA) is 57.5 Å². The van der Waals surface area contributed by atoms with Crippen molar-refractivity contribution < 1.29 is 15.0 Å². The minimum atomic E-state index is -0.676. The third-order valence-electron chi connectivity index (χ3n) is 4.04. The Balaban J connectivity index is 3.19. The highest BCUT2D eigenvalue weighted by molar-refractivity contribution is 5.66. The zero-order valence-electron chi connectivity index (χ0n) is 15.0. The number of carboxylic acid groups (broad SMARTS) is 1. The third kappa shape index (κ3) is 18.9. The fourth-order valence-corrected chi connectivity index (χ4v) is 2.56. The fourth-order valence-electron chi connectivity index (χ4n) is 2.56. The lowest BCUT2D eigenvalue weighted by Gasteiger charge is -2.02. The van der Waals surface area contributed by atoms with Gasteiger partial charge in [0.2, 0.25) is 0 Å². The first-order chi connectivity index (χ1) is 11.2. The van der Waals surface area contributed by atoms with Gasteiger partial charge in [0.25, 0.3) is 0 Å². The molecular formula is C20H36O3. The van der Waals surface area contributed by atoms with E-state index < -0.39 is 12.1 Å². The lowest BCUT2D eigenvalue weighted by atomic mass is 10.1. The van der Waals surface area contributed by atoms with E-state index in [2.05, 4.69) is 18.8 Å². The number of hydrogen-bond donors (Lipinski definition) is 2. The molecule has 23 heavy (non-hydrogen) atoms. The maximum Gasteiger partial charge on any atom is 0.303 e. The number of rotatable bonds is 15. The van der Waals surface area contributed by atoms with Gasteiger partial charge < -0.3 is 10.2 Å². The highest BCUT2D eigenvalue weighted by Crippen LogP contribution is 2.11. The van der Waals surface area contributed by atoms with Crippen molar-refractivity contribution in [2.75, 3.05) is 0 Å². The number of carbonyl (C=O) groups is 1. The smallest absolute Gasteiger partial charge is 0.303 e. The van der Waals surface area contributed by atoms with Crippen molar-refractivity contribution in [3.8, 4) is 11.8 Å². The quantitative estimate of drug-likeness (QED) is 0.317. The van der Waals surface area contributed by atoms with Crippen LogP contribution in [0.5, 0.6) is 0 Å². The van der Waals surface area contributed by atoms with Gasteiger partial charge in [0.15, 0.2) is 0 Å². The average Bonchev–Trinajstić information content (AvgIpc) is 2.52. The van der Waals surface area contributed by atoms with Crippen molar-refractivity contribution in [2.24, 2.45) is 0 Å². The molecule has 0 aliphatic carbocycles. The summed E-state index contributed by atoms with van der Waals surface area (Å²) in [5, 5.41) is 18.1. The molecule has 0 bridgehead atoms. The van der Waals surface area contributed by atoms with Crippen molar-refractivity contribution in [3.05, 3.63) is 0 Å². The van der Waals surface area contributed by atoms with E-state index in [0.29, 0.717) is 6.42 Å². The first-order valence-corrected chi connectivity index (χ1v) is 9.55. The summed E-state index contributed by atoms with van der Waals surface area (Å²) < 4.78 is 0. The number of hydrogen-bond acceptors (Lipinski definition) is 2. The van der Waals surface area contributed by atoms with Crippen LogP contribution in [0.4, 0.5) is 0 Å². The van der Waals surface area contributed by atoms with Crippen LogP contribution in [0.2, 0.25) is 0 Å². The Bertz CT molecular complexity index is 328. The van der Waals surface area contributed by atoms with E-state index in [1.807, 2.05) is 0 Å². The molecule has 3 heteroatoms. The van der Waals surface area contributed by atoms with E-state index in [1.165, 1.54) is 44.9 Å². The van der Waals surface area contributed by atoms with E-state index in [-0.39, 0.29) is 0 Å². The van der Waals surface area contributed by atoms with Crippen LogP contribution >= 0.6 is 0 Å². The van der Waals surface area contributed by atoms with Crippen molar-refractivity contribution in [1.82, 2.24) is 0 Å². The van der Waals surface area contributed by atoms with Gasteiger partial charge in [-0.15, -0.1) is 5.92 Å². The summed E-state index contributed by atoms with van der Waals surface area (Å²) in [4.78, 5) is 10.4. The van der Waals surface area contributed by atoms with Gasteiger partial charge in [-0.3, -0.25) is 4.79 Å². The van der Waals surface area contributed by atoms with Crippen molar-refractivity contribution >= 4 is 5.97 Å². The van der Waals surface area contributed by atoms with Crippen LogP contribution in [0.1, 0.15) is 103 Å². The standard InChI is InChI=1S/C20H36O3/c1-2-3-16-19(21)17-14-12-10-8-6-4-5-7-9-11-13-15-18-20(22)23/h19,21H,2-13,15-16,18H2,1H3,(H,22,23)/t19-/m1/s1. The van der Waals surface area contributed by atoms with Crippen LogP contribution in [0.15, 0.2) is 0 Å². The number of carboxylic acids is 1. The first kappa shape index (κ1) is 22.0. The average molecular weight is 325 g/mol. The van der Waals surface area contributed by atoms with Crippen molar-refractivity contribution in [2.45, 2.75) is 109 Å². The predicted octanol–water partition coefficient (Wildman–Crippen LogP) is 5.31. The minimum absolute atomic E-state index is 0.318. The molecule has 3 nitrogen and oxygen atoms in total. The van der Waals surface area contributed by atoms with Gasteiger partial charge in [0.1, 0.15) is 6.10 Å². The zero-order valence-corrected chi connectivity index (χ0v) is 15.0. The van der Waals surface area contributed by atoms with Crippen molar-refractivity contribution in [3.63, 3.8) is 0 Å². The molecule has 0 aromatic carbocycles. The van der Waals surface area contributed by atoms with Crippen LogP contribution in [0.25, 0.3) is 0 Å². The van der Waals surface area contributed by atoms with Gasteiger partial charge in [0.05, 0.1) is 0 Å². The molecule has 0 amide bonds. The maximum absolute atomic E-state index is 10.4. The van der Waals surface area contributed by atoms with Gasteiger partial charge in [-0.2, -0.15) is 0 Å². The molecule has 0 spiro atoms. The molecule has 0 aromatic heterocycles. The number of aliphatic hydroxyl groups excluding tert-OH is 1. The van der Waals surface area contributed by atoms with E-state index in [9.17, 15) is 9.90 Å². The number of unbranched alkanes of at least 4 members (excludes halogenated alkanes) is 11. The number of aliphatic carboxylic acids is 1. The molecule has 1 atom stereocenters. The SMILES string of the molecule is CCCC[C@@H](O)C#CCCCCCCCCCCCCC(=O)O. The van der Waals surface area contributed by atoms with Crippen LogP contribution < -0.4 is 0 Å². The van der Waals surface area contributed by atoms with Crippen LogP contribution in [0.3, 0.4) is 0 Å². The molecule has 0 rings (SSSR count). The van der Waals surface area contributed by atoms with Crippen LogP contribution in [-0.2, 0) is 4.79 Å². The summed E-state index contributed by atoms with van der Waals surface area (Å²) in [6.45, 7) is 2.12. The zero-order chi connectivity index (χ0) is 17.2. The predicted molar refractivity (Wildman–Crippen MR) is 96.3 cm³/mol. The highest BCUT2D eigenvalue weighted by atomic mass is 16.4. The largest absolute Gasteiger partial charge is 0.481 e. The van der Waals surface area contributed by atoms with Crippen LogP contribution in [-0.4, -0.2) is 22.3 Å². The molecule has 0 fully saturated rings. The Morgan fingerprint density at radius 3 is 1.91 bits per heavy atom. The molecule has 0 radical (unpaired) electrons. The second-order valence-electron chi connectivity index (χ2n) is 6.41. The first-order valence-electron chi connectivity index (χ1n) is 9.55. The Kier molecular flexibility index (Phi) is 16.6. The van der Waals surface area contributed by atoms with E-state index in [0.717, 1.165) is 44.9 Å². The van der Waals surface area contributed by atoms with Gasteiger partial charge in [-0.25, -0.2) is 0 Å². The van der Waals surface area contributed by atoms with E-state index in [1.54, 1.807) is 0 Å². The van der Waals surface area contributed by atoms with Gasteiger partial charge in [-0.1, -0.05) is 77.1 Å². The van der Waals surface area contributed by atoms with Gasteiger partial charge in [-0.05, 0) is 19.3 Å². The summed E-state index contributed by atoms with van der Waals surface area (Å²) in [7, 11) is 0. The second kappa shape index (κ2) is 17.3. The van der Waals surface area contributed by atoms with E-state index in [4.69, 9.17) is 5.11 Å². The van der Waals surface area contributed by atoms with Gasteiger partial charge in [0, 0.05) is 12.8 Å². The van der Waals surface area contributed by atoms with Crippen molar-refractivity contribution in [1.29, 1.82) is 0 Å². The fraction of sp³-hybridized carbons (Fsp3) is 0.850. The van der Waals surface area contributed by atoms with E-state index >= 15 is 0 Å². The second-order valence-corrected chi connectivity index (χ2v) is 6.41. The molecule has 0 aliphatic heterocycles. The summed E-state index contributed by atoms with van der Waals surface area (Å²) in [6, 6.07) is 0. The monoisotopic (exact) mass is 324 g/mol. The molecule has 0 aliphatic rings. The molecule has 134 valence electrons. The molecule has 0 heterocycles. The highest BCUT2D eigenvalue weighted by Gasteiger charge is 1.97. The molecule has 2 N–H and O–H groups in total. The summed E-state index contributed by atoms with van der Waals surface area (Å²) >= 11 is 0. The molecule has 0 saturated heterocycles. The Morgan fingerprint density at radius 1 is 0.870 bits per heavy atom. The number of aliphatic hydroxyl groups is 1. The Labute approximate surface area is 142 Å². The minimum Gasteiger partial charge on any atom is -0.481 e. The van der Waals surface area contributed by atoms with Crippen LogP contribution in [0, 0.1) is 11.8 Å². The lowest BCUT2D eigenvalue weighted by molar-refractivity contribution is -0.137. The Hall–Kier alpha value is -1.01. The van der Waals surface area contributed by atoms with Gasteiger partial charge >= 0.3 is 5.97 Å². The summed E-state index contributed by atoms with van der Waals surface area (Å²) in [5.74, 6) is 5.34.